The van der Waals surface area contributed by atoms with Crippen molar-refractivity contribution in [1.82, 2.24) is 14.9 Å². The highest BCUT2D eigenvalue weighted by Gasteiger charge is 2.09. The molecule has 0 radical (unpaired) electrons. The van der Waals surface area contributed by atoms with Crippen LogP contribution in [-0.4, -0.2) is 28.1 Å². The zero-order valence-electron chi connectivity index (χ0n) is 14.1. The van der Waals surface area contributed by atoms with Gasteiger partial charge in [-0.15, -0.1) is 0 Å². The van der Waals surface area contributed by atoms with Gasteiger partial charge in [0.2, 0.25) is 5.91 Å². The summed E-state index contributed by atoms with van der Waals surface area (Å²) in [6, 6.07) is 7.87. The van der Waals surface area contributed by atoms with E-state index in [1.54, 1.807) is 6.20 Å². The number of imidazole rings is 1. The quantitative estimate of drug-likeness (QED) is 0.815. The number of nitrogens with one attached hydrogen (secondary N) is 1. The molecule has 5 nitrogen and oxygen atoms in total. The summed E-state index contributed by atoms with van der Waals surface area (Å²) < 4.78 is 7.81. The van der Waals surface area contributed by atoms with Crippen molar-refractivity contribution in [2.75, 3.05) is 6.61 Å². The minimum Gasteiger partial charge on any atom is -0.491 e. The van der Waals surface area contributed by atoms with Crippen LogP contribution in [0.5, 0.6) is 5.75 Å². The monoisotopic (exact) mass is 315 g/mol. The third-order valence-electron chi connectivity index (χ3n) is 3.72. The van der Waals surface area contributed by atoms with E-state index in [0.29, 0.717) is 13.0 Å². The molecule has 1 atom stereocenters. The number of nitrogens with zero attached hydrogens (tertiary/aromatic N) is 2. The first-order valence-electron chi connectivity index (χ1n) is 8.02. The molecule has 1 amide bonds. The molecule has 0 saturated carbocycles. The summed E-state index contributed by atoms with van der Waals surface area (Å²) in [6.07, 6.45) is 5.02. The first kappa shape index (κ1) is 17.1. The third kappa shape index (κ3) is 5.43. The second-order valence-electron chi connectivity index (χ2n) is 5.82. The van der Waals surface area contributed by atoms with Crippen LogP contribution in [0.25, 0.3) is 0 Å². The van der Waals surface area contributed by atoms with Crippen molar-refractivity contribution in [3.8, 4) is 5.75 Å². The van der Waals surface area contributed by atoms with Gasteiger partial charge in [-0.05, 0) is 38.8 Å². The van der Waals surface area contributed by atoms with Gasteiger partial charge in [-0.1, -0.05) is 18.2 Å². The van der Waals surface area contributed by atoms with E-state index < -0.39 is 0 Å². The maximum absolute atomic E-state index is 12.0. The van der Waals surface area contributed by atoms with Gasteiger partial charge in [0.05, 0.1) is 6.04 Å². The first-order valence-corrected chi connectivity index (χ1v) is 8.02. The molecule has 0 bridgehead atoms. The number of aromatic nitrogens is 2. The van der Waals surface area contributed by atoms with Gasteiger partial charge < -0.3 is 14.6 Å². The van der Waals surface area contributed by atoms with Gasteiger partial charge in [0.1, 0.15) is 18.2 Å². The average molecular weight is 315 g/mol. The Bertz CT molecular complexity index is 637. The normalized spacial score (nSPS) is 12.0. The van der Waals surface area contributed by atoms with E-state index in [1.807, 2.05) is 51.2 Å². The van der Waals surface area contributed by atoms with E-state index in [-0.39, 0.29) is 11.9 Å². The summed E-state index contributed by atoms with van der Waals surface area (Å²) in [5, 5.41) is 2.98. The highest BCUT2D eigenvalue weighted by Crippen LogP contribution is 2.16. The number of para-hydroxylation sites is 1. The zero-order valence-corrected chi connectivity index (χ0v) is 14.1. The fourth-order valence-electron chi connectivity index (χ4n) is 2.37. The Morgan fingerprint density at radius 1 is 1.35 bits per heavy atom. The Morgan fingerprint density at radius 2 is 2.13 bits per heavy atom. The van der Waals surface area contributed by atoms with Crippen molar-refractivity contribution in [1.29, 1.82) is 0 Å². The molecule has 0 aliphatic heterocycles. The molecule has 1 aromatic heterocycles. The number of benzene rings is 1. The molecule has 0 saturated heterocycles. The molecule has 2 aromatic rings. The molecule has 1 unspecified atom stereocenters. The topological polar surface area (TPSA) is 56.1 Å². The molecule has 23 heavy (non-hydrogen) atoms. The highest BCUT2D eigenvalue weighted by atomic mass is 16.5. The van der Waals surface area contributed by atoms with Crippen molar-refractivity contribution in [3.05, 3.63) is 48.0 Å². The molecule has 0 spiro atoms. The van der Waals surface area contributed by atoms with Crippen LogP contribution < -0.4 is 10.1 Å². The van der Waals surface area contributed by atoms with Crippen molar-refractivity contribution in [3.63, 3.8) is 0 Å². The Balaban J connectivity index is 1.66. The number of rotatable bonds is 8. The first-order chi connectivity index (χ1) is 11.1. The Hall–Kier alpha value is -2.30. The van der Waals surface area contributed by atoms with Gasteiger partial charge in [0, 0.05) is 25.4 Å². The summed E-state index contributed by atoms with van der Waals surface area (Å²) in [5.74, 6) is 1.90. The zero-order chi connectivity index (χ0) is 16.7. The number of ether oxygens (including phenoxy) is 1. The van der Waals surface area contributed by atoms with Gasteiger partial charge in [0.25, 0.3) is 0 Å². The lowest BCUT2D eigenvalue weighted by molar-refractivity contribution is -0.122. The van der Waals surface area contributed by atoms with E-state index in [1.165, 1.54) is 0 Å². The van der Waals surface area contributed by atoms with E-state index in [9.17, 15) is 4.79 Å². The van der Waals surface area contributed by atoms with Crippen LogP contribution in [0.2, 0.25) is 0 Å². The second kappa shape index (κ2) is 8.36. The van der Waals surface area contributed by atoms with E-state index in [4.69, 9.17) is 4.74 Å². The largest absolute Gasteiger partial charge is 0.491 e. The van der Waals surface area contributed by atoms with E-state index >= 15 is 0 Å². The van der Waals surface area contributed by atoms with Gasteiger partial charge in [0.15, 0.2) is 0 Å². The molecule has 5 heteroatoms. The molecule has 2 rings (SSSR count). The van der Waals surface area contributed by atoms with Crippen LogP contribution in [0.3, 0.4) is 0 Å². The van der Waals surface area contributed by atoms with Crippen molar-refractivity contribution >= 4 is 5.91 Å². The molecule has 1 heterocycles. The minimum atomic E-state index is -0.0166. The Morgan fingerprint density at radius 3 is 2.83 bits per heavy atom. The number of carbonyl (C=O) groups excluding carboxylic acids is 1. The molecule has 124 valence electrons. The van der Waals surface area contributed by atoms with Crippen LogP contribution in [-0.2, 0) is 11.3 Å². The van der Waals surface area contributed by atoms with Gasteiger partial charge in [-0.3, -0.25) is 4.79 Å². The maximum Gasteiger partial charge on any atom is 0.220 e. The van der Waals surface area contributed by atoms with Crippen molar-refractivity contribution in [2.45, 2.75) is 46.2 Å². The Kier molecular flexibility index (Phi) is 6.20. The van der Waals surface area contributed by atoms with Crippen LogP contribution in [0.4, 0.5) is 0 Å². The lowest BCUT2D eigenvalue weighted by Gasteiger charge is -2.16. The van der Waals surface area contributed by atoms with E-state index in [2.05, 4.69) is 14.9 Å². The molecular formula is C18H25N3O2. The summed E-state index contributed by atoms with van der Waals surface area (Å²) in [7, 11) is 0. The maximum atomic E-state index is 12.0. The summed E-state index contributed by atoms with van der Waals surface area (Å²) >= 11 is 0. The number of carbonyl (C=O) groups is 1. The average Bonchev–Trinajstić information content (AvgIpc) is 2.92. The fraction of sp³-hybridized carbons (Fsp3) is 0.444. The van der Waals surface area contributed by atoms with Gasteiger partial charge in [-0.25, -0.2) is 4.98 Å². The predicted octanol–water partition coefficient (Wildman–Crippen LogP) is 2.86. The third-order valence-corrected chi connectivity index (χ3v) is 3.72. The Labute approximate surface area is 137 Å². The van der Waals surface area contributed by atoms with Crippen LogP contribution in [0.15, 0.2) is 36.7 Å². The van der Waals surface area contributed by atoms with Crippen molar-refractivity contribution in [2.24, 2.45) is 0 Å². The standard InChI is InChI=1S/C18H25N3O2/c1-14-7-4-5-8-17(14)23-13-15(2)20-18(22)9-6-11-21-12-10-19-16(21)3/h4-5,7-8,10,12,15H,6,9,11,13H2,1-3H3,(H,20,22). The number of amides is 1. The van der Waals surface area contributed by atoms with Crippen molar-refractivity contribution < 1.29 is 9.53 Å². The summed E-state index contributed by atoms with van der Waals surface area (Å²) in [4.78, 5) is 16.1. The lowest BCUT2D eigenvalue weighted by atomic mass is 10.2. The molecular weight excluding hydrogens is 290 g/mol. The van der Waals surface area contributed by atoms with Crippen LogP contribution in [0, 0.1) is 13.8 Å². The lowest BCUT2D eigenvalue weighted by Crippen LogP contribution is -2.36. The number of hydrogen-bond donors (Lipinski definition) is 1. The molecule has 0 fully saturated rings. The van der Waals surface area contributed by atoms with Gasteiger partial charge in [-0.2, -0.15) is 0 Å². The highest BCUT2D eigenvalue weighted by molar-refractivity contribution is 5.76. The molecule has 1 aromatic carbocycles. The van der Waals surface area contributed by atoms with Crippen LogP contribution in [0.1, 0.15) is 31.2 Å². The van der Waals surface area contributed by atoms with Crippen LogP contribution >= 0.6 is 0 Å². The number of aryl methyl sites for hydroxylation is 3. The summed E-state index contributed by atoms with van der Waals surface area (Å²) in [6.45, 7) is 7.21. The SMILES string of the molecule is Cc1ccccc1OCC(C)NC(=O)CCCn1ccnc1C. The fourth-order valence-corrected chi connectivity index (χ4v) is 2.37. The minimum absolute atomic E-state index is 0.0166. The predicted molar refractivity (Wildman–Crippen MR) is 90.5 cm³/mol. The molecule has 0 aliphatic carbocycles. The molecule has 1 N–H and O–H groups in total. The number of hydrogen-bond acceptors (Lipinski definition) is 3. The van der Waals surface area contributed by atoms with E-state index in [0.717, 1.165) is 30.1 Å². The van der Waals surface area contributed by atoms with Gasteiger partial charge >= 0.3 is 0 Å². The smallest absolute Gasteiger partial charge is 0.220 e. The summed E-state index contributed by atoms with van der Waals surface area (Å²) in [5.41, 5.74) is 1.10. The second-order valence-corrected chi connectivity index (χ2v) is 5.82. The molecule has 0 aliphatic rings.